The third-order valence-electron chi connectivity index (χ3n) is 2.49. The first-order chi connectivity index (χ1) is 7.30. The van der Waals surface area contributed by atoms with Crippen molar-refractivity contribution in [1.82, 2.24) is 10.1 Å². The molecule has 0 bridgehead atoms. The van der Waals surface area contributed by atoms with Gasteiger partial charge in [0.05, 0.1) is 12.0 Å². The zero-order valence-electron chi connectivity index (χ0n) is 10.1. The highest BCUT2D eigenvalue weighted by atomic mass is 16.5. The maximum atomic E-state index is 9.76. The fraction of sp³-hybridized carbons (Fsp3) is 0.800. The monoisotopic (exact) mass is 229 g/mol. The summed E-state index contributed by atoms with van der Waals surface area (Å²) in [4.78, 5) is 4.17. The van der Waals surface area contributed by atoms with Crippen LogP contribution in [0.15, 0.2) is 4.52 Å². The molecule has 0 saturated heterocycles. The van der Waals surface area contributed by atoms with Crippen LogP contribution in [0.3, 0.4) is 0 Å². The van der Waals surface area contributed by atoms with Gasteiger partial charge in [0.25, 0.3) is 0 Å². The van der Waals surface area contributed by atoms with Gasteiger partial charge in [-0.1, -0.05) is 5.16 Å². The lowest BCUT2D eigenvalue weighted by molar-refractivity contribution is 0.00973. The average molecular weight is 229 g/mol. The predicted molar refractivity (Wildman–Crippen MR) is 57.7 cm³/mol. The second kappa shape index (κ2) is 4.48. The summed E-state index contributed by atoms with van der Waals surface area (Å²) in [5.74, 6) is 0.813. The summed E-state index contributed by atoms with van der Waals surface area (Å²) >= 11 is 0. The highest BCUT2D eigenvalue weighted by Crippen LogP contribution is 2.21. The van der Waals surface area contributed by atoms with Crippen LogP contribution in [-0.2, 0) is 16.8 Å². The van der Waals surface area contributed by atoms with Gasteiger partial charge < -0.3 is 20.1 Å². The molecule has 0 aromatic carbocycles. The Balaban J connectivity index is 2.80. The van der Waals surface area contributed by atoms with Crippen molar-refractivity contribution >= 4 is 0 Å². The highest BCUT2D eigenvalue weighted by molar-refractivity contribution is 4.99. The van der Waals surface area contributed by atoms with E-state index in [1.165, 1.54) is 0 Å². The standard InChI is InChI=1S/C10H19N3O3/c1-9(2,15-4)8-12-7(16-13-8)5-10(3,14)6-11/h14H,5-6,11H2,1-4H3. The lowest BCUT2D eigenvalue weighted by atomic mass is 10.0. The number of ether oxygens (including phenoxy) is 1. The third-order valence-corrected chi connectivity index (χ3v) is 2.49. The molecule has 3 N–H and O–H groups in total. The molecule has 1 heterocycles. The van der Waals surface area contributed by atoms with Crippen molar-refractivity contribution in [2.45, 2.75) is 38.4 Å². The number of nitrogens with zero attached hydrogens (tertiary/aromatic N) is 2. The van der Waals surface area contributed by atoms with Crippen molar-refractivity contribution in [3.8, 4) is 0 Å². The van der Waals surface area contributed by atoms with Crippen LogP contribution < -0.4 is 5.73 Å². The molecule has 0 saturated carbocycles. The Morgan fingerprint density at radius 3 is 2.56 bits per heavy atom. The van der Waals surface area contributed by atoms with Crippen molar-refractivity contribution in [3.05, 3.63) is 11.7 Å². The summed E-state index contributed by atoms with van der Waals surface area (Å²) in [5.41, 5.74) is 3.78. The molecular weight excluding hydrogens is 210 g/mol. The molecule has 6 heteroatoms. The van der Waals surface area contributed by atoms with E-state index in [1.807, 2.05) is 13.8 Å². The van der Waals surface area contributed by atoms with Crippen LogP contribution in [0, 0.1) is 0 Å². The summed E-state index contributed by atoms with van der Waals surface area (Å²) in [6, 6.07) is 0. The minimum atomic E-state index is -1.03. The summed E-state index contributed by atoms with van der Waals surface area (Å²) in [6.07, 6.45) is 0.232. The van der Waals surface area contributed by atoms with E-state index in [9.17, 15) is 5.11 Å². The maximum Gasteiger partial charge on any atom is 0.229 e. The molecule has 0 fully saturated rings. The van der Waals surface area contributed by atoms with E-state index >= 15 is 0 Å². The third kappa shape index (κ3) is 3.01. The van der Waals surface area contributed by atoms with Gasteiger partial charge in [0.2, 0.25) is 11.7 Å². The molecule has 0 amide bonds. The van der Waals surface area contributed by atoms with Crippen molar-refractivity contribution in [2.75, 3.05) is 13.7 Å². The topological polar surface area (TPSA) is 94.4 Å². The van der Waals surface area contributed by atoms with Crippen LogP contribution >= 0.6 is 0 Å². The summed E-state index contributed by atoms with van der Waals surface area (Å²) in [6.45, 7) is 5.43. The Bertz CT molecular complexity index is 347. The number of aromatic nitrogens is 2. The fourth-order valence-corrected chi connectivity index (χ4v) is 1.06. The number of rotatable bonds is 5. The van der Waals surface area contributed by atoms with Crippen molar-refractivity contribution < 1.29 is 14.4 Å². The molecule has 1 atom stereocenters. The van der Waals surface area contributed by atoms with E-state index in [1.54, 1.807) is 14.0 Å². The zero-order valence-corrected chi connectivity index (χ0v) is 10.1. The van der Waals surface area contributed by atoms with Crippen molar-refractivity contribution in [2.24, 2.45) is 5.73 Å². The molecule has 1 aromatic rings. The van der Waals surface area contributed by atoms with Crippen LogP contribution in [0.1, 0.15) is 32.5 Å². The van der Waals surface area contributed by atoms with Gasteiger partial charge >= 0.3 is 0 Å². The van der Waals surface area contributed by atoms with Gasteiger partial charge in [-0.05, 0) is 20.8 Å². The number of hydrogen-bond acceptors (Lipinski definition) is 6. The smallest absolute Gasteiger partial charge is 0.229 e. The summed E-state index contributed by atoms with van der Waals surface area (Å²) in [7, 11) is 1.58. The van der Waals surface area contributed by atoms with Crippen LogP contribution in [0.5, 0.6) is 0 Å². The first-order valence-electron chi connectivity index (χ1n) is 5.11. The highest BCUT2D eigenvalue weighted by Gasteiger charge is 2.28. The molecule has 0 aliphatic carbocycles. The van der Waals surface area contributed by atoms with E-state index in [2.05, 4.69) is 10.1 Å². The molecular formula is C10H19N3O3. The zero-order chi connectivity index (χ0) is 12.4. The molecule has 16 heavy (non-hydrogen) atoms. The average Bonchev–Trinajstić information content (AvgIpc) is 2.66. The van der Waals surface area contributed by atoms with Crippen LogP contribution in [0.25, 0.3) is 0 Å². The second-order valence-corrected chi connectivity index (χ2v) is 4.60. The summed E-state index contributed by atoms with van der Waals surface area (Å²) in [5, 5.41) is 13.6. The predicted octanol–water partition coefficient (Wildman–Crippen LogP) is 0.203. The van der Waals surface area contributed by atoms with E-state index in [0.717, 1.165) is 0 Å². The van der Waals surface area contributed by atoms with E-state index < -0.39 is 11.2 Å². The van der Waals surface area contributed by atoms with Gasteiger partial charge in [-0.25, -0.2) is 0 Å². The van der Waals surface area contributed by atoms with E-state index in [-0.39, 0.29) is 13.0 Å². The molecule has 6 nitrogen and oxygen atoms in total. The Labute approximate surface area is 94.8 Å². The van der Waals surface area contributed by atoms with Gasteiger partial charge in [-0.15, -0.1) is 0 Å². The Kier molecular flexibility index (Phi) is 3.67. The van der Waals surface area contributed by atoms with Crippen molar-refractivity contribution in [1.29, 1.82) is 0 Å². The minimum absolute atomic E-state index is 0.137. The molecule has 1 aromatic heterocycles. The summed E-state index contributed by atoms with van der Waals surface area (Å²) < 4.78 is 10.3. The van der Waals surface area contributed by atoms with Gasteiger partial charge in [-0.2, -0.15) is 4.98 Å². The van der Waals surface area contributed by atoms with Gasteiger partial charge in [-0.3, -0.25) is 0 Å². The van der Waals surface area contributed by atoms with Crippen LogP contribution in [0.2, 0.25) is 0 Å². The fourth-order valence-electron chi connectivity index (χ4n) is 1.06. The molecule has 92 valence electrons. The molecule has 0 aliphatic heterocycles. The first-order valence-corrected chi connectivity index (χ1v) is 5.11. The lowest BCUT2D eigenvalue weighted by Crippen LogP contribution is -2.36. The van der Waals surface area contributed by atoms with Gasteiger partial charge in [0.15, 0.2) is 0 Å². The van der Waals surface area contributed by atoms with Gasteiger partial charge in [0.1, 0.15) is 5.60 Å². The minimum Gasteiger partial charge on any atom is -0.388 e. The lowest BCUT2D eigenvalue weighted by Gasteiger charge is -2.18. The number of hydrogen-bond donors (Lipinski definition) is 2. The number of nitrogens with two attached hydrogens (primary N) is 1. The SMILES string of the molecule is COC(C)(C)c1noc(CC(C)(O)CN)n1. The molecule has 1 unspecified atom stereocenters. The molecule has 1 rings (SSSR count). The second-order valence-electron chi connectivity index (χ2n) is 4.60. The van der Waals surface area contributed by atoms with Crippen LogP contribution in [0.4, 0.5) is 0 Å². The molecule has 0 aliphatic rings. The normalized spacial score (nSPS) is 16.1. The maximum absolute atomic E-state index is 9.76. The number of aliphatic hydroxyl groups is 1. The Morgan fingerprint density at radius 2 is 2.06 bits per heavy atom. The Hall–Kier alpha value is -0.980. The van der Waals surface area contributed by atoms with Gasteiger partial charge in [0, 0.05) is 13.7 Å². The van der Waals surface area contributed by atoms with E-state index in [4.69, 9.17) is 15.0 Å². The van der Waals surface area contributed by atoms with E-state index in [0.29, 0.717) is 11.7 Å². The largest absolute Gasteiger partial charge is 0.388 e. The first kappa shape index (κ1) is 13.1. The quantitative estimate of drug-likeness (QED) is 0.749. The molecule has 0 radical (unpaired) electrons. The molecule has 0 spiro atoms. The van der Waals surface area contributed by atoms with Crippen LogP contribution in [-0.4, -0.2) is 34.5 Å². The van der Waals surface area contributed by atoms with Crippen molar-refractivity contribution in [3.63, 3.8) is 0 Å². The number of methoxy groups -OCH3 is 1. The Morgan fingerprint density at radius 1 is 1.44 bits per heavy atom.